The van der Waals surface area contributed by atoms with Crippen LogP contribution in [0.3, 0.4) is 0 Å². The highest BCUT2D eigenvalue weighted by molar-refractivity contribution is 5.94. The third-order valence-electron chi connectivity index (χ3n) is 2.31. The van der Waals surface area contributed by atoms with Crippen molar-refractivity contribution < 1.29 is 14.0 Å². The van der Waals surface area contributed by atoms with Gasteiger partial charge in [0.2, 0.25) is 5.91 Å². The molecular formula is C11H10FN3O2. The van der Waals surface area contributed by atoms with Gasteiger partial charge in [-0.3, -0.25) is 10.1 Å². The lowest BCUT2D eigenvalue weighted by molar-refractivity contribution is -0.120. The largest absolute Gasteiger partial charge is 0.351 e. The third kappa shape index (κ3) is 2.41. The van der Waals surface area contributed by atoms with E-state index in [1.807, 2.05) is 5.32 Å². The molecule has 1 heterocycles. The number of carbonyl (C=O) groups is 2. The van der Waals surface area contributed by atoms with Crippen LogP contribution in [0, 0.1) is 5.82 Å². The Kier molecular flexibility index (Phi) is 2.78. The van der Waals surface area contributed by atoms with Gasteiger partial charge in [-0.05, 0) is 24.3 Å². The van der Waals surface area contributed by atoms with Crippen molar-refractivity contribution in [2.75, 3.05) is 0 Å². The van der Waals surface area contributed by atoms with Crippen LogP contribution in [0.5, 0.6) is 0 Å². The summed E-state index contributed by atoms with van der Waals surface area (Å²) in [6, 6.07) is 5.05. The van der Waals surface area contributed by atoms with Gasteiger partial charge in [-0.15, -0.1) is 0 Å². The van der Waals surface area contributed by atoms with Crippen LogP contribution >= 0.6 is 0 Å². The van der Waals surface area contributed by atoms with Gasteiger partial charge in [0.25, 0.3) is 0 Å². The summed E-state index contributed by atoms with van der Waals surface area (Å²) >= 11 is 0. The topological polar surface area (TPSA) is 77.1 Å². The van der Waals surface area contributed by atoms with Crippen molar-refractivity contribution in [3.05, 3.63) is 36.3 Å². The highest BCUT2D eigenvalue weighted by Crippen LogP contribution is 2.16. The zero-order chi connectivity index (χ0) is 12.4. The van der Waals surface area contributed by atoms with Gasteiger partial charge in [-0.1, -0.05) is 0 Å². The lowest BCUT2D eigenvalue weighted by atomic mass is 10.2. The number of fused-ring (bicyclic) bond motifs is 1. The number of nitrogens with zero attached hydrogens (tertiary/aromatic N) is 1. The Morgan fingerprint density at radius 1 is 1.35 bits per heavy atom. The standard InChI is InChI=1S/C11H10FN3O2/c12-8-1-2-9-7(5-8)3-4-15(9)6-10(16)14-11(13)17/h1-5H,6H2,(H3,13,14,16,17). The smallest absolute Gasteiger partial charge is 0.318 e. The molecule has 0 saturated heterocycles. The molecule has 0 bridgehead atoms. The first-order valence-electron chi connectivity index (χ1n) is 4.90. The molecule has 2 rings (SSSR count). The fourth-order valence-corrected chi connectivity index (χ4v) is 1.64. The molecule has 0 aliphatic rings. The number of hydrogen-bond donors (Lipinski definition) is 2. The highest BCUT2D eigenvalue weighted by atomic mass is 19.1. The van der Waals surface area contributed by atoms with Crippen LogP contribution in [0.2, 0.25) is 0 Å². The Hall–Kier alpha value is -2.37. The Morgan fingerprint density at radius 3 is 2.82 bits per heavy atom. The van der Waals surface area contributed by atoms with Gasteiger partial charge in [-0.25, -0.2) is 9.18 Å². The second kappa shape index (κ2) is 4.25. The van der Waals surface area contributed by atoms with E-state index in [4.69, 9.17) is 5.73 Å². The molecule has 1 aromatic heterocycles. The fraction of sp³-hybridized carbons (Fsp3) is 0.0909. The van der Waals surface area contributed by atoms with Crippen molar-refractivity contribution in [3.8, 4) is 0 Å². The predicted molar refractivity (Wildman–Crippen MR) is 59.6 cm³/mol. The molecule has 88 valence electrons. The third-order valence-corrected chi connectivity index (χ3v) is 2.31. The van der Waals surface area contributed by atoms with Crippen LogP contribution in [0.25, 0.3) is 10.9 Å². The second-order valence-electron chi connectivity index (χ2n) is 3.56. The number of urea groups is 1. The molecule has 0 unspecified atom stereocenters. The summed E-state index contributed by atoms with van der Waals surface area (Å²) in [7, 11) is 0. The molecule has 1 aromatic carbocycles. The maximum atomic E-state index is 12.9. The number of hydrogen-bond acceptors (Lipinski definition) is 2. The number of amides is 3. The van der Waals surface area contributed by atoms with Gasteiger partial charge in [0.05, 0.1) is 0 Å². The predicted octanol–water partition coefficient (Wildman–Crippen LogP) is 0.975. The molecular weight excluding hydrogens is 225 g/mol. The van der Waals surface area contributed by atoms with Gasteiger partial charge in [-0.2, -0.15) is 0 Å². The van der Waals surface area contributed by atoms with E-state index >= 15 is 0 Å². The first kappa shape index (κ1) is 11.1. The first-order valence-corrected chi connectivity index (χ1v) is 4.90. The average Bonchev–Trinajstić information content (AvgIpc) is 2.59. The number of carbonyl (C=O) groups excluding carboxylic acids is 2. The van der Waals surface area contributed by atoms with Crippen LogP contribution in [-0.4, -0.2) is 16.5 Å². The van der Waals surface area contributed by atoms with Gasteiger partial charge in [0, 0.05) is 17.1 Å². The Morgan fingerprint density at radius 2 is 2.12 bits per heavy atom. The van der Waals surface area contributed by atoms with Gasteiger partial charge in [0.1, 0.15) is 12.4 Å². The summed E-state index contributed by atoms with van der Waals surface area (Å²) in [5.74, 6) is -0.851. The maximum Gasteiger partial charge on any atom is 0.318 e. The minimum absolute atomic E-state index is 0.0436. The lowest BCUT2D eigenvalue weighted by Gasteiger charge is -2.04. The van der Waals surface area contributed by atoms with E-state index in [1.165, 1.54) is 12.1 Å². The maximum absolute atomic E-state index is 12.9. The molecule has 17 heavy (non-hydrogen) atoms. The molecule has 0 aliphatic carbocycles. The number of aromatic nitrogens is 1. The number of benzene rings is 1. The molecule has 0 aliphatic heterocycles. The van der Waals surface area contributed by atoms with Crippen molar-refractivity contribution in [2.24, 2.45) is 5.73 Å². The van der Waals surface area contributed by atoms with Gasteiger partial charge < -0.3 is 10.3 Å². The Balaban J connectivity index is 2.25. The van der Waals surface area contributed by atoms with Crippen LogP contribution in [0.15, 0.2) is 30.5 Å². The average molecular weight is 235 g/mol. The summed E-state index contributed by atoms with van der Waals surface area (Å²) in [6.07, 6.45) is 1.64. The lowest BCUT2D eigenvalue weighted by Crippen LogP contribution is -2.37. The first-order chi connectivity index (χ1) is 8.06. The van der Waals surface area contributed by atoms with Crippen LogP contribution < -0.4 is 11.1 Å². The van der Waals surface area contributed by atoms with E-state index in [9.17, 15) is 14.0 Å². The van der Waals surface area contributed by atoms with Crippen molar-refractivity contribution in [1.82, 2.24) is 9.88 Å². The van der Waals surface area contributed by atoms with Crippen molar-refractivity contribution in [1.29, 1.82) is 0 Å². The number of imide groups is 1. The van der Waals surface area contributed by atoms with Crippen LogP contribution in [-0.2, 0) is 11.3 Å². The molecule has 0 atom stereocenters. The van der Waals surface area contributed by atoms with Crippen molar-refractivity contribution in [2.45, 2.75) is 6.54 Å². The summed E-state index contributed by atoms with van der Waals surface area (Å²) in [5.41, 5.74) is 5.54. The summed E-state index contributed by atoms with van der Waals surface area (Å²) < 4.78 is 14.5. The van der Waals surface area contributed by atoms with E-state index in [0.29, 0.717) is 10.9 Å². The van der Waals surface area contributed by atoms with Crippen LogP contribution in [0.1, 0.15) is 0 Å². The zero-order valence-electron chi connectivity index (χ0n) is 8.81. The fourth-order valence-electron chi connectivity index (χ4n) is 1.64. The molecule has 6 heteroatoms. The van der Waals surface area contributed by atoms with Crippen molar-refractivity contribution >= 4 is 22.8 Å². The summed E-state index contributed by atoms with van der Waals surface area (Å²) in [4.78, 5) is 21.8. The molecule has 5 nitrogen and oxygen atoms in total. The number of halogens is 1. The number of rotatable bonds is 2. The molecule has 0 spiro atoms. The molecule has 0 saturated carbocycles. The Bertz CT molecular complexity index is 591. The number of nitrogens with two attached hydrogens (primary N) is 1. The van der Waals surface area contributed by atoms with E-state index < -0.39 is 11.9 Å². The zero-order valence-corrected chi connectivity index (χ0v) is 8.81. The van der Waals surface area contributed by atoms with E-state index in [-0.39, 0.29) is 12.4 Å². The quantitative estimate of drug-likeness (QED) is 0.813. The summed E-state index contributed by atoms with van der Waals surface area (Å²) in [6.45, 7) is -0.0436. The van der Waals surface area contributed by atoms with Crippen LogP contribution in [0.4, 0.5) is 9.18 Å². The molecule has 3 N–H and O–H groups in total. The van der Waals surface area contributed by atoms with Gasteiger partial charge >= 0.3 is 6.03 Å². The number of nitrogens with one attached hydrogen (secondary N) is 1. The molecule has 2 aromatic rings. The van der Waals surface area contributed by atoms with Gasteiger partial charge in [0.15, 0.2) is 0 Å². The molecule has 3 amide bonds. The SMILES string of the molecule is NC(=O)NC(=O)Cn1ccc2cc(F)ccc21. The molecule has 0 fully saturated rings. The summed E-state index contributed by atoms with van der Waals surface area (Å²) in [5, 5.41) is 2.65. The van der Waals surface area contributed by atoms with E-state index in [0.717, 1.165) is 0 Å². The minimum atomic E-state index is -0.891. The highest BCUT2D eigenvalue weighted by Gasteiger charge is 2.08. The second-order valence-corrected chi connectivity index (χ2v) is 3.56. The minimum Gasteiger partial charge on any atom is -0.351 e. The molecule has 0 radical (unpaired) electrons. The van der Waals surface area contributed by atoms with E-state index in [1.54, 1.807) is 22.9 Å². The number of primary amides is 1. The van der Waals surface area contributed by atoms with Crippen molar-refractivity contribution in [3.63, 3.8) is 0 Å². The normalized spacial score (nSPS) is 10.4. The Labute approximate surface area is 96.0 Å². The van der Waals surface area contributed by atoms with E-state index in [2.05, 4.69) is 0 Å². The monoisotopic (exact) mass is 235 g/mol.